The van der Waals surface area contributed by atoms with E-state index in [9.17, 15) is 9.18 Å². The summed E-state index contributed by atoms with van der Waals surface area (Å²) >= 11 is 3.39. The van der Waals surface area contributed by atoms with E-state index in [2.05, 4.69) is 26.1 Å². The molecule has 1 aliphatic rings. The molecular weight excluding hydrogens is 401 g/mol. The number of amides is 1. The molecule has 4 rings (SSSR count). The molecule has 7 heteroatoms. The van der Waals surface area contributed by atoms with Crippen molar-refractivity contribution >= 4 is 21.8 Å². The number of benzene rings is 2. The number of carbonyl (C=O) groups excluding carboxylic acids is 1. The van der Waals surface area contributed by atoms with Crippen molar-refractivity contribution in [1.82, 2.24) is 15.0 Å². The Balaban J connectivity index is 1.47. The molecule has 0 saturated carbocycles. The van der Waals surface area contributed by atoms with Gasteiger partial charge in [0, 0.05) is 29.5 Å². The molecule has 1 saturated heterocycles. The van der Waals surface area contributed by atoms with Gasteiger partial charge in [-0.2, -0.15) is 4.98 Å². The summed E-state index contributed by atoms with van der Waals surface area (Å²) in [6, 6.07) is 13.8. The molecule has 0 bridgehead atoms. The summed E-state index contributed by atoms with van der Waals surface area (Å²) in [4.78, 5) is 18.5. The van der Waals surface area contributed by atoms with Crippen molar-refractivity contribution < 1.29 is 13.7 Å². The molecule has 3 aromatic rings. The molecule has 2 heterocycles. The van der Waals surface area contributed by atoms with E-state index in [0.29, 0.717) is 31.2 Å². The van der Waals surface area contributed by atoms with Gasteiger partial charge in [-0.3, -0.25) is 4.79 Å². The Bertz CT molecular complexity index is 925. The van der Waals surface area contributed by atoms with Gasteiger partial charge in [-0.1, -0.05) is 33.2 Å². The molecule has 0 spiro atoms. The Kier molecular flexibility index (Phi) is 4.55. The van der Waals surface area contributed by atoms with Crippen LogP contribution < -0.4 is 0 Å². The molecule has 1 aromatic heterocycles. The molecule has 0 aliphatic carbocycles. The molecule has 2 aromatic carbocycles. The quantitative estimate of drug-likeness (QED) is 0.641. The molecule has 0 radical (unpaired) electrons. The second-order valence-electron chi connectivity index (χ2n) is 6.26. The van der Waals surface area contributed by atoms with E-state index >= 15 is 0 Å². The van der Waals surface area contributed by atoms with E-state index in [1.54, 1.807) is 17.0 Å². The average Bonchev–Trinajstić information content (AvgIpc) is 3.25. The van der Waals surface area contributed by atoms with E-state index in [1.807, 2.05) is 24.3 Å². The molecule has 1 fully saturated rings. The zero-order chi connectivity index (χ0) is 18.1. The molecular formula is C19H15BrFN3O2. The number of nitrogens with zero attached hydrogens (tertiary/aromatic N) is 3. The number of carbonyl (C=O) groups is 1. The summed E-state index contributed by atoms with van der Waals surface area (Å²) in [6.07, 6.45) is 0.336. The average molecular weight is 416 g/mol. The van der Waals surface area contributed by atoms with Gasteiger partial charge in [0.05, 0.1) is 5.92 Å². The van der Waals surface area contributed by atoms with Gasteiger partial charge in [-0.25, -0.2) is 4.39 Å². The number of aromatic nitrogens is 2. The molecule has 132 valence electrons. The minimum Gasteiger partial charge on any atom is -0.339 e. The minimum atomic E-state index is -0.286. The van der Waals surface area contributed by atoms with Crippen LogP contribution in [0.4, 0.5) is 4.39 Å². The standard InChI is InChI=1S/C19H15BrFN3O2/c20-15-5-3-13(4-6-15)18-22-19(26-23-18)14-9-17(25)24(11-14)10-12-1-7-16(21)8-2-12/h1-8,14H,9-11H2. The van der Waals surface area contributed by atoms with Crippen LogP contribution in [0, 0.1) is 5.82 Å². The van der Waals surface area contributed by atoms with Crippen LogP contribution in [0.5, 0.6) is 0 Å². The Labute approximate surface area is 158 Å². The highest BCUT2D eigenvalue weighted by Gasteiger charge is 2.34. The third-order valence-electron chi connectivity index (χ3n) is 4.39. The van der Waals surface area contributed by atoms with Crippen molar-refractivity contribution in [3.8, 4) is 11.4 Å². The number of hydrogen-bond donors (Lipinski definition) is 0. The van der Waals surface area contributed by atoms with Gasteiger partial charge in [-0.05, 0) is 42.0 Å². The smallest absolute Gasteiger partial charge is 0.232 e. The molecule has 1 amide bonds. The Morgan fingerprint density at radius 1 is 1.15 bits per heavy atom. The summed E-state index contributed by atoms with van der Waals surface area (Å²) in [5.74, 6) is 0.600. The van der Waals surface area contributed by atoms with Crippen LogP contribution in [0.15, 0.2) is 57.5 Å². The summed E-state index contributed by atoms with van der Waals surface area (Å²) in [5.41, 5.74) is 1.75. The van der Waals surface area contributed by atoms with Crippen molar-refractivity contribution in [2.45, 2.75) is 18.9 Å². The van der Waals surface area contributed by atoms with Crippen LogP contribution in [0.2, 0.25) is 0 Å². The Morgan fingerprint density at radius 2 is 1.88 bits per heavy atom. The number of likely N-dealkylation sites (tertiary alicyclic amines) is 1. The largest absolute Gasteiger partial charge is 0.339 e. The predicted molar refractivity (Wildman–Crippen MR) is 96.6 cm³/mol. The van der Waals surface area contributed by atoms with E-state index in [1.165, 1.54) is 12.1 Å². The fourth-order valence-corrected chi connectivity index (χ4v) is 3.28. The monoisotopic (exact) mass is 415 g/mol. The van der Waals surface area contributed by atoms with Gasteiger partial charge in [-0.15, -0.1) is 0 Å². The fraction of sp³-hybridized carbons (Fsp3) is 0.211. The summed E-state index contributed by atoms with van der Waals surface area (Å²) in [7, 11) is 0. The van der Waals surface area contributed by atoms with Crippen molar-refractivity contribution in [3.63, 3.8) is 0 Å². The summed E-state index contributed by atoms with van der Waals surface area (Å²) in [6.45, 7) is 0.960. The lowest BCUT2D eigenvalue weighted by molar-refractivity contribution is -0.128. The van der Waals surface area contributed by atoms with Gasteiger partial charge in [0.1, 0.15) is 5.82 Å². The van der Waals surface area contributed by atoms with E-state index in [0.717, 1.165) is 15.6 Å². The fourth-order valence-electron chi connectivity index (χ4n) is 3.02. The Morgan fingerprint density at radius 3 is 2.62 bits per heavy atom. The van der Waals surface area contributed by atoms with Crippen molar-refractivity contribution in [1.29, 1.82) is 0 Å². The Hall–Kier alpha value is -2.54. The van der Waals surface area contributed by atoms with Gasteiger partial charge in [0.15, 0.2) is 0 Å². The molecule has 1 aliphatic heterocycles. The second-order valence-corrected chi connectivity index (χ2v) is 7.18. The molecule has 0 N–H and O–H groups in total. The lowest BCUT2D eigenvalue weighted by Gasteiger charge is -2.15. The van der Waals surface area contributed by atoms with E-state index < -0.39 is 0 Å². The zero-order valence-corrected chi connectivity index (χ0v) is 15.3. The summed E-state index contributed by atoms with van der Waals surface area (Å²) < 4.78 is 19.4. The SMILES string of the molecule is O=C1CC(c2nc(-c3ccc(Br)cc3)no2)CN1Cc1ccc(F)cc1. The third kappa shape index (κ3) is 3.53. The third-order valence-corrected chi connectivity index (χ3v) is 4.92. The van der Waals surface area contributed by atoms with E-state index in [-0.39, 0.29) is 17.6 Å². The van der Waals surface area contributed by atoms with Gasteiger partial charge >= 0.3 is 0 Å². The van der Waals surface area contributed by atoms with Crippen LogP contribution in [0.3, 0.4) is 0 Å². The van der Waals surface area contributed by atoms with Gasteiger partial charge in [0.2, 0.25) is 17.6 Å². The van der Waals surface area contributed by atoms with Crippen LogP contribution in [0.1, 0.15) is 23.8 Å². The second kappa shape index (κ2) is 6.99. The molecule has 1 atom stereocenters. The minimum absolute atomic E-state index is 0.0303. The number of hydrogen-bond acceptors (Lipinski definition) is 4. The van der Waals surface area contributed by atoms with Gasteiger partial charge < -0.3 is 9.42 Å². The topological polar surface area (TPSA) is 59.2 Å². The maximum absolute atomic E-state index is 13.0. The normalized spacial score (nSPS) is 17.1. The van der Waals surface area contributed by atoms with Crippen LogP contribution in [-0.4, -0.2) is 27.5 Å². The van der Waals surface area contributed by atoms with Crippen molar-refractivity contribution in [2.75, 3.05) is 6.54 Å². The maximum Gasteiger partial charge on any atom is 0.232 e. The molecule has 1 unspecified atom stereocenters. The highest BCUT2D eigenvalue weighted by molar-refractivity contribution is 9.10. The highest BCUT2D eigenvalue weighted by atomic mass is 79.9. The number of halogens is 2. The van der Waals surface area contributed by atoms with Crippen LogP contribution in [0.25, 0.3) is 11.4 Å². The lowest BCUT2D eigenvalue weighted by atomic mass is 10.1. The molecule has 5 nitrogen and oxygen atoms in total. The van der Waals surface area contributed by atoms with Crippen molar-refractivity contribution in [3.05, 3.63) is 70.3 Å². The first kappa shape index (κ1) is 16.9. The van der Waals surface area contributed by atoms with Gasteiger partial charge in [0.25, 0.3) is 0 Å². The number of rotatable bonds is 4. The first-order valence-corrected chi connectivity index (χ1v) is 8.99. The lowest BCUT2D eigenvalue weighted by Crippen LogP contribution is -2.24. The highest BCUT2D eigenvalue weighted by Crippen LogP contribution is 2.30. The first-order chi connectivity index (χ1) is 12.6. The predicted octanol–water partition coefficient (Wildman–Crippen LogP) is 4.15. The van der Waals surface area contributed by atoms with E-state index in [4.69, 9.17) is 4.52 Å². The molecule has 26 heavy (non-hydrogen) atoms. The van der Waals surface area contributed by atoms with Crippen LogP contribution in [-0.2, 0) is 11.3 Å². The summed E-state index contributed by atoms with van der Waals surface area (Å²) in [5, 5.41) is 4.03. The maximum atomic E-state index is 13.0. The first-order valence-electron chi connectivity index (χ1n) is 8.20. The van der Waals surface area contributed by atoms with Crippen LogP contribution >= 0.6 is 15.9 Å². The van der Waals surface area contributed by atoms with Crippen molar-refractivity contribution in [2.24, 2.45) is 0 Å². The zero-order valence-electron chi connectivity index (χ0n) is 13.7.